The minimum atomic E-state index is -2.73. The van der Waals surface area contributed by atoms with Gasteiger partial charge < -0.3 is 24.8 Å². The lowest BCUT2D eigenvalue weighted by Gasteiger charge is -2.30. The van der Waals surface area contributed by atoms with Crippen LogP contribution in [0, 0.1) is 6.92 Å². The molecule has 2 N–H and O–H groups in total. The van der Waals surface area contributed by atoms with Gasteiger partial charge in [-0.1, -0.05) is 0 Å². The van der Waals surface area contributed by atoms with E-state index in [1.54, 1.807) is 23.2 Å². The first kappa shape index (κ1) is 20.7. The third-order valence-electron chi connectivity index (χ3n) is 6.05. The number of fused-ring (bicyclic) bond motifs is 1. The van der Waals surface area contributed by atoms with E-state index in [1.165, 1.54) is 0 Å². The topological polar surface area (TPSA) is 73.5 Å². The lowest BCUT2D eigenvalue weighted by molar-refractivity contribution is 0.0256. The van der Waals surface area contributed by atoms with Crippen LogP contribution in [-0.2, 0) is 4.74 Å². The van der Waals surface area contributed by atoms with Crippen molar-refractivity contribution >= 4 is 33.8 Å². The summed E-state index contributed by atoms with van der Waals surface area (Å²) in [6.07, 6.45) is 1.35. The predicted molar refractivity (Wildman–Crippen MR) is 122 cm³/mol. The zero-order chi connectivity index (χ0) is 22.3. The fourth-order valence-electron chi connectivity index (χ4n) is 4.41. The largest absolute Gasteiger partial charge is 0.378 e. The molecule has 2 saturated heterocycles. The molecule has 2 aliphatic heterocycles. The molecular formula is C23H25F2N5O2. The van der Waals surface area contributed by atoms with Crippen LogP contribution in [0.1, 0.15) is 12.0 Å². The van der Waals surface area contributed by atoms with Crippen molar-refractivity contribution in [3.8, 4) is 0 Å². The molecule has 2 aliphatic rings. The quantitative estimate of drug-likeness (QED) is 0.644. The van der Waals surface area contributed by atoms with Gasteiger partial charge in [0.1, 0.15) is 11.6 Å². The van der Waals surface area contributed by atoms with Crippen LogP contribution in [0.5, 0.6) is 0 Å². The Bertz CT molecular complexity index is 1210. The van der Waals surface area contributed by atoms with Crippen molar-refractivity contribution in [2.45, 2.75) is 19.3 Å². The van der Waals surface area contributed by atoms with Gasteiger partial charge in [-0.25, -0.2) is 13.8 Å². The highest BCUT2D eigenvalue weighted by Gasteiger charge is 2.39. The lowest BCUT2D eigenvalue weighted by atomic mass is 10.1. The summed E-state index contributed by atoms with van der Waals surface area (Å²) in [6.45, 7) is 5.00. The van der Waals surface area contributed by atoms with Crippen molar-refractivity contribution in [3.05, 3.63) is 52.4 Å². The van der Waals surface area contributed by atoms with Crippen LogP contribution in [0.25, 0.3) is 10.8 Å². The average Bonchev–Trinajstić information content (AvgIpc) is 3.14. The van der Waals surface area contributed by atoms with Gasteiger partial charge in [0, 0.05) is 43.6 Å². The maximum absolute atomic E-state index is 13.8. The zero-order valence-electron chi connectivity index (χ0n) is 17.8. The van der Waals surface area contributed by atoms with Gasteiger partial charge in [-0.3, -0.25) is 4.79 Å². The number of anilines is 4. The van der Waals surface area contributed by atoms with Gasteiger partial charge in [0.05, 0.1) is 25.1 Å². The van der Waals surface area contributed by atoms with Crippen molar-refractivity contribution in [2.75, 3.05) is 54.5 Å². The van der Waals surface area contributed by atoms with Gasteiger partial charge in [-0.15, -0.1) is 0 Å². The van der Waals surface area contributed by atoms with E-state index < -0.39 is 5.92 Å². The Morgan fingerprint density at radius 1 is 1.12 bits per heavy atom. The molecule has 0 saturated carbocycles. The first-order chi connectivity index (χ1) is 15.4. The van der Waals surface area contributed by atoms with Crippen LogP contribution < -0.4 is 20.7 Å². The molecule has 0 unspecified atom stereocenters. The highest BCUT2D eigenvalue weighted by atomic mass is 19.3. The highest BCUT2D eigenvalue weighted by Crippen LogP contribution is 2.33. The van der Waals surface area contributed by atoms with Crippen molar-refractivity contribution in [3.63, 3.8) is 0 Å². The van der Waals surface area contributed by atoms with Crippen molar-refractivity contribution in [1.29, 1.82) is 0 Å². The Kier molecular flexibility index (Phi) is 5.21. The number of aromatic amines is 1. The number of hydrogen-bond donors (Lipinski definition) is 2. The second kappa shape index (κ2) is 8.05. The third kappa shape index (κ3) is 4.00. The summed E-state index contributed by atoms with van der Waals surface area (Å²) < 4.78 is 33.0. The van der Waals surface area contributed by atoms with E-state index in [4.69, 9.17) is 4.74 Å². The van der Waals surface area contributed by atoms with Gasteiger partial charge in [-0.2, -0.15) is 0 Å². The van der Waals surface area contributed by atoms with E-state index in [9.17, 15) is 13.6 Å². The summed E-state index contributed by atoms with van der Waals surface area (Å²) in [5.74, 6) is -1.94. The summed E-state index contributed by atoms with van der Waals surface area (Å²) in [6, 6.07) is 9.45. The zero-order valence-corrected chi connectivity index (χ0v) is 17.8. The van der Waals surface area contributed by atoms with E-state index in [1.807, 2.05) is 25.1 Å². The molecule has 1 aromatic carbocycles. The minimum absolute atomic E-state index is 0.201. The van der Waals surface area contributed by atoms with Crippen LogP contribution in [0.3, 0.4) is 0 Å². The number of H-pyrrole nitrogens is 1. The molecule has 168 valence electrons. The predicted octanol–water partition coefficient (Wildman–Crippen LogP) is 3.66. The van der Waals surface area contributed by atoms with Crippen molar-refractivity contribution < 1.29 is 13.5 Å². The maximum Gasteiger partial charge on any atom is 0.266 e. The summed E-state index contributed by atoms with van der Waals surface area (Å²) in [5, 5.41) is 4.31. The van der Waals surface area contributed by atoms with Crippen LogP contribution in [0.4, 0.5) is 31.8 Å². The van der Waals surface area contributed by atoms with Gasteiger partial charge in [0.2, 0.25) is 0 Å². The molecule has 9 heteroatoms. The Balaban J connectivity index is 1.50. The van der Waals surface area contributed by atoms with Crippen LogP contribution in [0.2, 0.25) is 0 Å². The molecular weight excluding hydrogens is 416 g/mol. The maximum atomic E-state index is 13.8. The lowest BCUT2D eigenvalue weighted by Crippen LogP contribution is -2.36. The molecule has 7 nitrogen and oxygen atoms in total. The minimum Gasteiger partial charge on any atom is -0.378 e. The standard InChI is InChI=1S/C23H25F2N5O2/c1-15-12-17(2-3-18(15)29-8-10-32-11-9-29)27-21-20-16(4-6-26-22(20)31)13-19(28-21)30-7-5-23(24,25)14-30/h2-4,6,12-13H,5,7-11,14H2,1H3,(H,26,31)(H,27,28). The smallest absolute Gasteiger partial charge is 0.266 e. The number of nitrogens with one attached hydrogen (secondary N) is 2. The molecule has 0 aliphatic carbocycles. The van der Waals surface area contributed by atoms with Crippen LogP contribution in [0.15, 0.2) is 41.3 Å². The molecule has 3 aromatic rings. The van der Waals surface area contributed by atoms with Gasteiger partial charge >= 0.3 is 0 Å². The first-order valence-electron chi connectivity index (χ1n) is 10.8. The molecule has 32 heavy (non-hydrogen) atoms. The number of nitrogens with zero attached hydrogens (tertiary/aromatic N) is 3. The molecule has 0 atom stereocenters. The second-order valence-electron chi connectivity index (χ2n) is 8.35. The number of aromatic nitrogens is 2. The Hall–Kier alpha value is -3.20. The molecule has 2 aromatic heterocycles. The number of morpholine rings is 1. The van der Waals surface area contributed by atoms with Crippen LogP contribution in [-0.4, -0.2) is 55.3 Å². The van der Waals surface area contributed by atoms with E-state index in [0.717, 1.165) is 30.0 Å². The fraction of sp³-hybridized carbons (Fsp3) is 0.391. The first-order valence-corrected chi connectivity index (χ1v) is 10.8. The molecule has 0 amide bonds. The average molecular weight is 441 g/mol. The second-order valence-corrected chi connectivity index (χ2v) is 8.35. The van der Waals surface area contributed by atoms with E-state index in [0.29, 0.717) is 35.6 Å². The fourth-order valence-corrected chi connectivity index (χ4v) is 4.41. The number of alkyl halides is 2. The Morgan fingerprint density at radius 2 is 1.94 bits per heavy atom. The highest BCUT2D eigenvalue weighted by molar-refractivity contribution is 5.94. The van der Waals surface area contributed by atoms with Gasteiger partial charge in [0.15, 0.2) is 0 Å². The van der Waals surface area contributed by atoms with E-state index in [2.05, 4.69) is 20.2 Å². The Morgan fingerprint density at radius 3 is 2.66 bits per heavy atom. The summed E-state index contributed by atoms with van der Waals surface area (Å²) in [5.41, 5.74) is 2.73. The molecule has 4 heterocycles. The summed E-state index contributed by atoms with van der Waals surface area (Å²) >= 11 is 0. The molecule has 0 spiro atoms. The summed E-state index contributed by atoms with van der Waals surface area (Å²) in [7, 11) is 0. The summed E-state index contributed by atoms with van der Waals surface area (Å²) in [4.78, 5) is 23.7. The normalized spacial score (nSPS) is 18.3. The number of halogens is 2. The number of ether oxygens (including phenoxy) is 1. The van der Waals surface area contributed by atoms with E-state index >= 15 is 0 Å². The van der Waals surface area contributed by atoms with Gasteiger partial charge in [0.25, 0.3) is 11.5 Å². The number of aryl methyl sites for hydroxylation is 1. The van der Waals surface area contributed by atoms with E-state index in [-0.39, 0.29) is 25.1 Å². The number of rotatable bonds is 4. The molecule has 5 rings (SSSR count). The van der Waals surface area contributed by atoms with Crippen LogP contribution >= 0.6 is 0 Å². The van der Waals surface area contributed by atoms with Gasteiger partial charge in [-0.05, 0) is 48.2 Å². The molecule has 2 fully saturated rings. The number of hydrogen-bond acceptors (Lipinski definition) is 6. The third-order valence-corrected chi connectivity index (χ3v) is 6.05. The molecule has 0 radical (unpaired) electrons. The SMILES string of the molecule is Cc1cc(Nc2nc(N3CCC(F)(F)C3)cc3cc[nH]c(=O)c23)ccc1N1CCOCC1. The Labute approximate surface area is 184 Å². The molecule has 0 bridgehead atoms. The number of pyridine rings is 2. The number of benzene rings is 1. The van der Waals surface area contributed by atoms with Crippen molar-refractivity contribution in [2.24, 2.45) is 0 Å². The van der Waals surface area contributed by atoms with Crippen molar-refractivity contribution in [1.82, 2.24) is 9.97 Å². The monoisotopic (exact) mass is 441 g/mol.